The first-order valence-corrected chi connectivity index (χ1v) is 6.66. The number of alkyl halides is 1. The number of rotatable bonds is 7. The van der Waals surface area contributed by atoms with Gasteiger partial charge in [0.05, 0.1) is 0 Å². The summed E-state index contributed by atoms with van der Waals surface area (Å²) in [5, 5.41) is 3.28. The normalized spacial score (nSPS) is 20.4. The minimum Gasteiger partial charge on any atom is -0.314 e. The minimum atomic E-state index is -0.886. The third-order valence-electron chi connectivity index (χ3n) is 3.40. The molecule has 2 heteroatoms. The summed E-state index contributed by atoms with van der Waals surface area (Å²) in [5.41, 5.74) is -0.886. The maximum absolute atomic E-state index is 14.1. The van der Waals surface area contributed by atoms with Gasteiger partial charge in [-0.3, -0.25) is 0 Å². The van der Waals surface area contributed by atoms with E-state index < -0.39 is 5.67 Å². The van der Waals surface area contributed by atoms with Crippen LogP contribution in [0.5, 0.6) is 0 Å². The van der Waals surface area contributed by atoms with Gasteiger partial charge in [0.15, 0.2) is 0 Å². The maximum atomic E-state index is 14.1. The van der Waals surface area contributed by atoms with Gasteiger partial charge in [0, 0.05) is 6.54 Å². The van der Waals surface area contributed by atoms with E-state index in [1.165, 1.54) is 32.1 Å². The van der Waals surface area contributed by atoms with Crippen LogP contribution < -0.4 is 5.32 Å². The summed E-state index contributed by atoms with van der Waals surface area (Å²) in [5.74, 6) is 0. The van der Waals surface area contributed by atoms with Gasteiger partial charge in [0.2, 0.25) is 0 Å². The second-order valence-electron chi connectivity index (χ2n) is 4.95. The van der Waals surface area contributed by atoms with Crippen molar-refractivity contribution in [2.75, 3.05) is 13.1 Å². The summed E-state index contributed by atoms with van der Waals surface area (Å²) >= 11 is 0. The lowest BCUT2D eigenvalue weighted by Crippen LogP contribution is -2.38. The smallest absolute Gasteiger partial charge is 0.123 e. The van der Waals surface area contributed by atoms with Crippen molar-refractivity contribution in [2.24, 2.45) is 0 Å². The zero-order valence-corrected chi connectivity index (χ0v) is 10.2. The van der Waals surface area contributed by atoms with Crippen LogP contribution in [0.1, 0.15) is 64.7 Å². The molecule has 0 aromatic carbocycles. The molecule has 0 bridgehead atoms. The van der Waals surface area contributed by atoms with Crippen molar-refractivity contribution in [3.05, 3.63) is 0 Å². The van der Waals surface area contributed by atoms with Gasteiger partial charge in [-0.1, -0.05) is 45.4 Å². The highest BCUT2D eigenvalue weighted by atomic mass is 19.1. The van der Waals surface area contributed by atoms with E-state index in [4.69, 9.17) is 0 Å². The molecular weight excluding hydrogens is 189 g/mol. The van der Waals surface area contributed by atoms with Crippen molar-refractivity contribution in [3.8, 4) is 0 Å². The number of hydrogen-bond donors (Lipinski definition) is 1. The lowest BCUT2D eigenvalue weighted by atomic mass is 9.86. The lowest BCUT2D eigenvalue weighted by molar-refractivity contribution is 0.105. The number of unbranched alkanes of at least 4 members (excludes halogenated alkanes) is 3. The molecule has 0 heterocycles. The van der Waals surface area contributed by atoms with Gasteiger partial charge >= 0.3 is 0 Å². The van der Waals surface area contributed by atoms with Crippen molar-refractivity contribution in [1.29, 1.82) is 0 Å². The van der Waals surface area contributed by atoms with Gasteiger partial charge in [-0.15, -0.1) is 0 Å². The van der Waals surface area contributed by atoms with Gasteiger partial charge in [0.25, 0.3) is 0 Å². The molecule has 0 aliphatic heterocycles. The summed E-state index contributed by atoms with van der Waals surface area (Å²) in [6.45, 7) is 3.79. The van der Waals surface area contributed by atoms with Crippen LogP contribution in [0.2, 0.25) is 0 Å². The molecule has 0 amide bonds. The average molecular weight is 215 g/mol. The molecule has 0 spiro atoms. The maximum Gasteiger partial charge on any atom is 0.123 e. The molecule has 1 aliphatic rings. The van der Waals surface area contributed by atoms with Crippen LogP contribution in [-0.4, -0.2) is 18.8 Å². The zero-order chi connectivity index (χ0) is 11.0. The number of nitrogens with one attached hydrogen (secondary N) is 1. The second kappa shape index (κ2) is 7.21. The number of halogens is 1. The topological polar surface area (TPSA) is 12.0 Å². The lowest BCUT2D eigenvalue weighted by Gasteiger charge is -2.29. The molecule has 0 saturated heterocycles. The highest BCUT2D eigenvalue weighted by molar-refractivity contribution is 4.84. The molecule has 15 heavy (non-hydrogen) atoms. The van der Waals surface area contributed by atoms with Crippen molar-refractivity contribution < 1.29 is 4.39 Å². The van der Waals surface area contributed by atoms with Gasteiger partial charge in [0.1, 0.15) is 5.67 Å². The molecule has 1 saturated carbocycles. The Labute approximate surface area is 93.8 Å². The third-order valence-corrected chi connectivity index (χ3v) is 3.40. The quantitative estimate of drug-likeness (QED) is 0.636. The molecule has 0 radical (unpaired) electrons. The van der Waals surface area contributed by atoms with E-state index in [-0.39, 0.29) is 0 Å². The second-order valence-corrected chi connectivity index (χ2v) is 4.95. The van der Waals surface area contributed by atoms with Gasteiger partial charge in [-0.25, -0.2) is 4.39 Å². The monoisotopic (exact) mass is 215 g/mol. The summed E-state index contributed by atoms with van der Waals surface area (Å²) in [4.78, 5) is 0. The fraction of sp³-hybridized carbons (Fsp3) is 1.00. The van der Waals surface area contributed by atoms with Gasteiger partial charge in [-0.2, -0.15) is 0 Å². The van der Waals surface area contributed by atoms with Crippen molar-refractivity contribution >= 4 is 0 Å². The van der Waals surface area contributed by atoms with Crippen molar-refractivity contribution in [1.82, 2.24) is 5.32 Å². The van der Waals surface area contributed by atoms with E-state index in [9.17, 15) is 4.39 Å². The Hall–Kier alpha value is -0.110. The highest BCUT2D eigenvalue weighted by Gasteiger charge is 2.30. The Morgan fingerprint density at radius 1 is 1.07 bits per heavy atom. The predicted octanol–water partition coefficient (Wildman–Crippen LogP) is 3.83. The summed E-state index contributed by atoms with van der Waals surface area (Å²) in [6.07, 6.45) is 9.98. The van der Waals surface area contributed by atoms with E-state index in [0.717, 1.165) is 32.2 Å². The van der Waals surface area contributed by atoms with E-state index >= 15 is 0 Å². The van der Waals surface area contributed by atoms with Crippen molar-refractivity contribution in [2.45, 2.75) is 70.4 Å². The average Bonchev–Trinajstić information content (AvgIpc) is 2.24. The van der Waals surface area contributed by atoms with Gasteiger partial charge < -0.3 is 5.32 Å². The van der Waals surface area contributed by atoms with Gasteiger partial charge in [-0.05, 0) is 25.8 Å². The van der Waals surface area contributed by atoms with Crippen LogP contribution in [0.3, 0.4) is 0 Å². The molecule has 1 aliphatic carbocycles. The number of hydrogen-bond acceptors (Lipinski definition) is 1. The van der Waals surface area contributed by atoms with E-state index in [2.05, 4.69) is 12.2 Å². The van der Waals surface area contributed by atoms with Crippen LogP contribution in [-0.2, 0) is 0 Å². The predicted molar refractivity (Wildman–Crippen MR) is 63.9 cm³/mol. The van der Waals surface area contributed by atoms with E-state index in [1.807, 2.05) is 0 Å². The molecule has 1 rings (SSSR count). The van der Waals surface area contributed by atoms with E-state index in [1.54, 1.807) is 0 Å². The molecule has 0 atom stereocenters. The van der Waals surface area contributed by atoms with Crippen LogP contribution in [0.4, 0.5) is 4.39 Å². The molecule has 0 aromatic rings. The van der Waals surface area contributed by atoms with Crippen LogP contribution >= 0.6 is 0 Å². The molecule has 1 nitrogen and oxygen atoms in total. The fourth-order valence-electron chi connectivity index (χ4n) is 2.35. The Kier molecular flexibility index (Phi) is 6.23. The Balaban J connectivity index is 1.98. The third kappa shape index (κ3) is 5.50. The highest BCUT2D eigenvalue weighted by Crippen LogP contribution is 2.30. The minimum absolute atomic E-state index is 0.582. The fourth-order valence-corrected chi connectivity index (χ4v) is 2.35. The Morgan fingerprint density at radius 2 is 1.80 bits per heavy atom. The first kappa shape index (κ1) is 13.0. The van der Waals surface area contributed by atoms with E-state index in [0.29, 0.717) is 6.54 Å². The largest absolute Gasteiger partial charge is 0.314 e. The standard InChI is InChI=1S/C13H26FN/c1-2-3-4-8-11-15-12-13(14)9-6-5-7-10-13/h15H,2-12H2,1H3. The summed E-state index contributed by atoms with van der Waals surface area (Å²) in [6, 6.07) is 0. The first-order valence-electron chi connectivity index (χ1n) is 6.66. The Morgan fingerprint density at radius 3 is 2.47 bits per heavy atom. The summed E-state index contributed by atoms with van der Waals surface area (Å²) in [7, 11) is 0. The SMILES string of the molecule is CCCCCCNCC1(F)CCCCC1. The molecule has 0 unspecified atom stereocenters. The molecule has 1 N–H and O–H groups in total. The van der Waals surface area contributed by atoms with Crippen LogP contribution in [0, 0.1) is 0 Å². The molecule has 90 valence electrons. The zero-order valence-electron chi connectivity index (χ0n) is 10.2. The Bertz CT molecular complexity index is 153. The van der Waals surface area contributed by atoms with Crippen molar-refractivity contribution in [3.63, 3.8) is 0 Å². The first-order chi connectivity index (χ1) is 7.27. The van der Waals surface area contributed by atoms with Crippen LogP contribution in [0.25, 0.3) is 0 Å². The van der Waals surface area contributed by atoms with Crippen LogP contribution in [0.15, 0.2) is 0 Å². The molecule has 1 fully saturated rings. The summed E-state index contributed by atoms with van der Waals surface area (Å²) < 4.78 is 14.1. The molecule has 0 aromatic heterocycles. The molecular formula is C13H26FN.